The zero-order chi connectivity index (χ0) is 18.4. The summed E-state index contributed by atoms with van der Waals surface area (Å²) in [5.41, 5.74) is 0.466. The molecule has 0 spiro atoms. The third kappa shape index (κ3) is 5.80. The van der Waals surface area contributed by atoms with Gasteiger partial charge in [0.15, 0.2) is 0 Å². The highest BCUT2D eigenvalue weighted by Gasteiger charge is 2.21. The predicted octanol–water partition coefficient (Wildman–Crippen LogP) is 5.21. The van der Waals surface area contributed by atoms with E-state index in [1.165, 1.54) is 38.5 Å². The summed E-state index contributed by atoms with van der Waals surface area (Å²) < 4.78 is 0. The van der Waals surface area contributed by atoms with Crippen LogP contribution >= 0.6 is 11.6 Å². The van der Waals surface area contributed by atoms with Gasteiger partial charge in [-0.05, 0) is 54.8 Å². The second-order valence-electron chi connectivity index (χ2n) is 7.74. The average molecular weight is 375 g/mol. The Hall–Kier alpha value is -1.95. The molecule has 1 unspecified atom stereocenters. The molecule has 0 aliphatic heterocycles. The van der Waals surface area contributed by atoms with Crippen molar-refractivity contribution in [2.24, 2.45) is 5.41 Å². The van der Waals surface area contributed by atoms with Crippen LogP contribution in [0.2, 0.25) is 5.28 Å². The fraction of sp³-hybridized carbons (Fsp3) is 0.579. The molecule has 2 heterocycles. The number of hydrogen-bond acceptors (Lipinski definition) is 6. The van der Waals surface area contributed by atoms with Crippen LogP contribution in [0.1, 0.15) is 58.8 Å². The van der Waals surface area contributed by atoms with Crippen LogP contribution in [0.25, 0.3) is 0 Å². The minimum Gasteiger partial charge on any atom is -0.351 e. The van der Waals surface area contributed by atoms with Crippen molar-refractivity contribution in [3.8, 4) is 0 Å². The van der Waals surface area contributed by atoms with Crippen molar-refractivity contribution >= 4 is 29.2 Å². The van der Waals surface area contributed by atoms with Crippen molar-refractivity contribution in [2.45, 2.75) is 64.8 Å². The summed E-state index contributed by atoms with van der Waals surface area (Å²) in [6.45, 7) is 4.77. The van der Waals surface area contributed by atoms with Gasteiger partial charge in [-0.3, -0.25) is 0 Å². The second kappa shape index (κ2) is 8.62. The van der Waals surface area contributed by atoms with E-state index in [0.29, 0.717) is 29.0 Å². The van der Waals surface area contributed by atoms with Gasteiger partial charge in [-0.25, -0.2) is 15.0 Å². The van der Waals surface area contributed by atoms with E-state index in [2.05, 4.69) is 44.4 Å². The summed E-state index contributed by atoms with van der Waals surface area (Å²) in [4.78, 5) is 16.9. The van der Waals surface area contributed by atoms with E-state index in [-0.39, 0.29) is 5.28 Å². The van der Waals surface area contributed by atoms with Gasteiger partial charge < -0.3 is 10.6 Å². The number of anilines is 3. The fourth-order valence-corrected chi connectivity index (χ4v) is 3.60. The third-order valence-electron chi connectivity index (χ3n) is 4.93. The standard InChI is InChI=1S/C19H27ClN6/c1-19(2)10-4-3-6-14(7-5-11-19)23-18-22-13-9-16(26-18)24-15-8-12-21-17(20)25-15/h8-9,12-14H,3-7,10-11H2,1-2H3,(H2,21,22,23,24,25,26). The van der Waals surface area contributed by atoms with Gasteiger partial charge in [0.05, 0.1) is 0 Å². The first-order valence-corrected chi connectivity index (χ1v) is 9.73. The molecule has 1 atom stereocenters. The lowest BCUT2D eigenvalue weighted by Crippen LogP contribution is -2.21. The molecule has 26 heavy (non-hydrogen) atoms. The highest BCUT2D eigenvalue weighted by atomic mass is 35.5. The van der Waals surface area contributed by atoms with E-state index in [4.69, 9.17) is 11.6 Å². The normalized spacial score (nSPS) is 20.5. The summed E-state index contributed by atoms with van der Waals surface area (Å²) in [6, 6.07) is 3.99. The van der Waals surface area contributed by atoms with Gasteiger partial charge in [-0.1, -0.05) is 33.1 Å². The molecule has 3 rings (SSSR count). The van der Waals surface area contributed by atoms with E-state index in [9.17, 15) is 0 Å². The lowest BCUT2D eigenvalue weighted by Gasteiger charge is -2.23. The summed E-state index contributed by atoms with van der Waals surface area (Å²) >= 11 is 5.83. The van der Waals surface area contributed by atoms with Crippen LogP contribution in [0.4, 0.5) is 17.6 Å². The van der Waals surface area contributed by atoms with Crippen LogP contribution in [0.3, 0.4) is 0 Å². The van der Waals surface area contributed by atoms with Crippen LogP contribution in [0.5, 0.6) is 0 Å². The van der Waals surface area contributed by atoms with Crippen molar-refractivity contribution in [3.63, 3.8) is 0 Å². The van der Waals surface area contributed by atoms with Crippen molar-refractivity contribution in [1.29, 1.82) is 0 Å². The second-order valence-corrected chi connectivity index (χ2v) is 8.08. The molecule has 0 saturated heterocycles. The Balaban J connectivity index is 1.62. The third-order valence-corrected chi connectivity index (χ3v) is 5.12. The molecule has 0 radical (unpaired) electrons. The molecule has 1 aliphatic carbocycles. The SMILES string of the molecule is CC1(C)CCCCC(Nc2nccc(Nc3ccnc(Cl)n3)n2)CCC1. The fourth-order valence-electron chi connectivity index (χ4n) is 3.45. The highest BCUT2D eigenvalue weighted by Crippen LogP contribution is 2.32. The van der Waals surface area contributed by atoms with Gasteiger partial charge in [-0.2, -0.15) is 4.98 Å². The molecule has 1 fully saturated rings. The van der Waals surface area contributed by atoms with Gasteiger partial charge in [0.2, 0.25) is 11.2 Å². The molecule has 6 nitrogen and oxygen atoms in total. The Kier molecular flexibility index (Phi) is 6.25. The number of nitrogens with zero attached hydrogens (tertiary/aromatic N) is 4. The van der Waals surface area contributed by atoms with Gasteiger partial charge in [0.25, 0.3) is 0 Å². The molecule has 140 valence electrons. The van der Waals surface area contributed by atoms with E-state index in [1.807, 2.05) is 6.07 Å². The Bertz CT molecular complexity index is 721. The largest absolute Gasteiger partial charge is 0.351 e. The maximum atomic E-state index is 5.83. The van der Waals surface area contributed by atoms with Crippen molar-refractivity contribution < 1.29 is 0 Å². The summed E-state index contributed by atoms with van der Waals surface area (Å²) in [5.74, 6) is 1.94. The van der Waals surface area contributed by atoms with Gasteiger partial charge in [-0.15, -0.1) is 0 Å². The molecule has 0 bridgehead atoms. The average Bonchev–Trinajstić information content (AvgIpc) is 2.66. The zero-order valence-corrected chi connectivity index (χ0v) is 16.3. The van der Waals surface area contributed by atoms with Crippen molar-refractivity contribution in [3.05, 3.63) is 29.8 Å². The van der Waals surface area contributed by atoms with E-state index < -0.39 is 0 Å². The topological polar surface area (TPSA) is 75.6 Å². The first-order valence-electron chi connectivity index (χ1n) is 9.35. The molecule has 0 aromatic carbocycles. The Morgan fingerprint density at radius 2 is 1.65 bits per heavy atom. The quantitative estimate of drug-likeness (QED) is 0.715. The molecule has 7 heteroatoms. The Morgan fingerprint density at radius 1 is 0.962 bits per heavy atom. The van der Waals surface area contributed by atoms with Crippen molar-refractivity contribution in [1.82, 2.24) is 19.9 Å². The van der Waals surface area contributed by atoms with Crippen LogP contribution < -0.4 is 10.6 Å². The minimum atomic E-state index is 0.205. The molecular formula is C19H27ClN6. The molecular weight excluding hydrogens is 348 g/mol. The van der Waals surface area contributed by atoms with Gasteiger partial charge in [0, 0.05) is 18.4 Å². The number of hydrogen-bond donors (Lipinski definition) is 2. The molecule has 1 saturated carbocycles. The van der Waals surface area contributed by atoms with Crippen molar-refractivity contribution in [2.75, 3.05) is 10.6 Å². The first kappa shape index (κ1) is 18.8. The first-order chi connectivity index (χ1) is 12.5. The maximum Gasteiger partial charge on any atom is 0.224 e. The van der Waals surface area contributed by atoms with Crippen LogP contribution in [-0.2, 0) is 0 Å². The minimum absolute atomic E-state index is 0.205. The van der Waals surface area contributed by atoms with E-state index in [0.717, 1.165) is 6.42 Å². The predicted molar refractivity (Wildman–Crippen MR) is 106 cm³/mol. The van der Waals surface area contributed by atoms with Crippen LogP contribution in [0, 0.1) is 5.41 Å². The highest BCUT2D eigenvalue weighted by molar-refractivity contribution is 6.28. The zero-order valence-electron chi connectivity index (χ0n) is 15.5. The Morgan fingerprint density at radius 3 is 2.46 bits per heavy atom. The Labute approximate surface area is 160 Å². The summed E-state index contributed by atoms with van der Waals surface area (Å²) in [5, 5.41) is 6.86. The van der Waals surface area contributed by atoms with Crippen LogP contribution in [-0.4, -0.2) is 26.0 Å². The lowest BCUT2D eigenvalue weighted by molar-refractivity contribution is 0.293. The van der Waals surface area contributed by atoms with Gasteiger partial charge >= 0.3 is 0 Å². The number of rotatable bonds is 4. The summed E-state index contributed by atoms with van der Waals surface area (Å²) in [7, 11) is 0. The lowest BCUT2D eigenvalue weighted by atomic mass is 9.83. The molecule has 0 amide bonds. The molecule has 2 N–H and O–H groups in total. The van der Waals surface area contributed by atoms with Crippen LogP contribution in [0.15, 0.2) is 24.5 Å². The number of halogens is 1. The van der Waals surface area contributed by atoms with Gasteiger partial charge in [0.1, 0.15) is 11.6 Å². The molecule has 1 aliphatic rings. The smallest absolute Gasteiger partial charge is 0.224 e. The van der Waals surface area contributed by atoms with E-state index in [1.54, 1.807) is 18.5 Å². The summed E-state index contributed by atoms with van der Waals surface area (Å²) in [6.07, 6.45) is 12.1. The van der Waals surface area contributed by atoms with E-state index >= 15 is 0 Å². The molecule has 2 aromatic heterocycles. The number of nitrogens with one attached hydrogen (secondary N) is 2. The maximum absolute atomic E-state index is 5.83. The number of aromatic nitrogens is 4. The molecule has 2 aromatic rings. The monoisotopic (exact) mass is 374 g/mol.